The summed E-state index contributed by atoms with van der Waals surface area (Å²) in [5.74, 6) is 0. The summed E-state index contributed by atoms with van der Waals surface area (Å²) >= 11 is 0. The minimum atomic E-state index is -3.82. The van der Waals surface area contributed by atoms with E-state index in [-0.39, 0.29) is 4.90 Å². The van der Waals surface area contributed by atoms with Gasteiger partial charge in [-0.25, -0.2) is 18.4 Å². The number of hydrogen-bond donors (Lipinski definition) is 3. The zero-order valence-corrected chi connectivity index (χ0v) is 12.1. The van der Waals surface area contributed by atoms with Crippen molar-refractivity contribution in [3.8, 4) is 0 Å². The smallest absolute Gasteiger partial charge is 0.308 e. The maximum absolute atomic E-state index is 11.8. The summed E-state index contributed by atoms with van der Waals surface area (Å²) in [5.41, 5.74) is 1.50. The molecular weight excluding hydrogens is 290 g/mol. The second kappa shape index (κ2) is 5.94. The number of nitrogens with one attached hydrogen (secondary N) is 2. The number of benzene rings is 2. The summed E-state index contributed by atoms with van der Waals surface area (Å²) in [6.45, 7) is 1.63. The van der Waals surface area contributed by atoms with Gasteiger partial charge in [-0.05, 0) is 36.8 Å². The SMILES string of the molecule is Cc1ccc(NC(=O)Nc2ccccc2)cc1S(N)(=O)=O. The van der Waals surface area contributed by atoms with Gasteiger partial charge >= 0.3 is 6.03 Å². The van der Waals surface area contributed by atoms with Crippen LogP contribution in [0.2, 0.25) is 0 Å². The summed E-state index contributed by atoms with van der Waals surface area (Å²) < 4.78 is 22.9. The standard InChI is InChI=1S/C14H15N3O3S/c1-10-7-8-12(9-13(10)21(15,19)20)17-14(18)16-11-5-3-2-4-6-11/h2-9H,1H3,(H2,15,19,20)(H2,16,17,18). The Labute approximate surface area is 123 Å². The fourth-order valence-electron chi connectivity index (χ4n) is 1.80. The van der Waals surface area contributed by atoms with E-state index in [9.17, 15) is 13.2 Å². The van der Waals surface area contributed by atoms with Crippen molar-refractivity contribution in [3.63, 3.8) is 0 Å². The van der Waals surface area contributed by atoms with Crippen LogP contribution >= 0.6 is 0 Å². The molecule has 21 heavy (non-hydrogen) atoms. The van der Waals surface area contributed by atoms with Gasteiger partial charge in [-0.2, -0.15) is 0 Å². The molecule has 0 aliphatic heterocycles. The highest BCUT2D eigenvalue weighted by molar-refractivity contribution is 7.89. The molecular formula is C14H15N3O3S. The average molecular weight is 305 g/mol. The Bertz CT molecular complexity index is 758. The third kappa shape index (κ3) is 4.04. The minimum Gasteiger partial charge on any atom is -0.308 e. The van der Waals surface area contributed by atoms with Crippen molar-refractivity contribution in [3.05, 3.63) is 54.1 Å². The Morgan fingerprint density at radius 2 is 1.62 bits per heavy atom. The van der Waals surface area contributed by atoms with Crippen LogP contribution in [0.4, 0.5) is 16.2 Å². The van der Waals surface area contributed by atoms with Gasteiger partial charge in [0.2, 0.25) is 10.0 Å². The summed E-state index contributed by atoms with van der Waals surface area (Å²) in [5, 5.41) is 10.3. The number of amides is 2. The van der Waals surface area contributed by atoms with Gasteiger partial charge in [0.15, 0.2) is 0 Å². The van der Waals surface area contributed by atoms with Crippen LogP contribution in [-0.4, -0.2) is 14.4 Å². The molecule has 0 fully saturated rings. The molecule has 0 unspecified atom stereocenters. The number of aryl methyl sites for hydroxylation is 1. The Hall–Kier alpha value is -2.38. The average Bonchev–Trinajstić information content (AvgIpc) is 2.41. The number of sulfonamides is 1. The largest absolute Gasteiger partial charge is 0.323 e. The molecule has 0 atom stereocenters. The molecule has 0 radical (unpaired) electrons. The van der Waals surface area contributed by atoms with Gasteiger partial charge in [0.05, 0.1) is 4.90 Å². The van der Waals surface area contributed by atoms with E-state index in [0.717, 1.165) is 0 Å². The van der Waals surface area contributed by atoms with Crippen molar-refractivity contribution >= 4 is 27.4 Å². The first kappa shape index (κ1) is 15.0. The Balaban J connectivity index is 2.15. The van der Waals surface area contributed by atoms with Crippen molar-refractivity contribution in [1.29, 1.82) is 0 Å². The number of anilines is 2. The quantitative estimate of drug-likeness (QED) is 0.810. The maximum atomic E-state index is 11.8. The van der Waals surface area contributed by atoms with E-state index < -0.39 is 16.1 Å². The molecule has 6 nitrogen and oxygen atoms in total. The summed E-state index contributed by atoms with van der Waals surface area (Å²) in [4.78, 5) is 11.8. The Morgan fingerprint density at radius 3 is 2.24 bits per heavy atom. The maximum Gasteiger partial charge on any atom is 0.323 e. The highest BCUT2D eigenvalue weighted by Gasteiger charge is 2.13. The van der Waals surface area contributed by atoms with Crippen LogP contribution in [0.3, 0.4) is 0 Å². The minimum absolute atomic E-state index is 0.0139. The van der Waals surface area contributed by atoms with Crippen LogP contribution in [0.25, 0.3) is 0 Å². The lowest BCUT2D eigenvalue weighted by molar-refractivity contribution is 0.262. The Morgan fingerprint density at radius 1 is 1.00 bits per heavy atom. The molecule has 0 aliphatic rings. The highest BCUT2D eigenvalue weighted by Crippen LogP contribution is 2.19. The van der Waals surface area contributed by atoms with E-state index in [1.54, 1.807) is 43.3 Å². The van der Waals surface area contributed by atoms with E-state index in [2.05, 4.69) is 10.6 Å². The normalized spacial score (nSPS) is 11.0. The number of primary sulfonamides is 1. The van der Waals surface area contributed by atoms with Crippen LogP contribution in [0.5, 0.6) is 0 Å². The third-order valence-electron chi connectivity index (χ3n) is 2.78. The molecule has 0 heterocycles. The van der Waals surface area contributed by atoms with E-state index in [0.29, 0.717) is 16.9 Å². The molecule has 0 saturated carbocycles. The van der Waals surface area contributed by atoms with E-state index in [1.165, 1.54) is 6.07 Å². The number of urea groups is 1. The van der Waals surface area contributed by atoms with Gasteiger partial charge in [0.1, 0.15) is 0 Å². The predicted molar refractivity (Wildman–Crippen MR) is 81.6 cm³/mol. The second-order valence-electron chi connectivity index (χ2n) is 4.47. The lowest BCUT2D eigenvalue weighted by Crippen LogP contribution is -2.20. The third-order valence-corrected chi connectivity index (χ3v) is 3.84. The highest BCUT2D eigenvalue weighted by atomic mass is 32.2. The molecule has 4 N–H and O–H groups in total. The van der Waals surface area contributed by atoms with Crippen molar-refractivity contribution in [2.45, 2.75) is 11.8 Å². The molecule has 2 amide bonds. The van der Waals surface area contributed by atoms with Crippen LogP contribution in [0, 0.1) is 6.92 Å². The predicted octanol–water partition coefficient (Wildman–Crippen LogP) is 2.29. The molecule has 0 spiro atoms. The van der Waals surface area contributed by atoms with Crippen LogP contribution in [0.15, 0.2) is 53.4 Å². The number of para-hydroxylation sites is 1. The summed E-state index contributed by atoms with van der Waals surface area (Å²) in [6.07, 6.45) is 0. The molecule has 0 aliphatic carbocycles. The zero-order chi connectivity index (χ0) is 15.5. The monoisotopic (exact) mass is 305 g/mol. The number of rotatable bonds is 3. The molecule has 2 aromatic rings. The van der Waals surface area contributed by atoms with E-state index in [4.69, 9.17) is 5.14 Å². The number of carbonyl (C=O) groups excluding carboxylic acids is 1. The molecule has 110 valence electrons. The van der Waals surface area contributed by atoms with Crippen molar-refractivity contribution < 1.29 is 13.2 Å². The lowest BCUT2D eigenvalue weighted by atomic mass is 10.2. The van der Waals surface area contributed by atoms with Crippen LogP contribution in [-0.2, 0) is 10.0 Å². The first-order chi connectivity index (χ1) is 9.86. The topological polar surface area (TPSA) is 101 Å². The van der Waals surface area contributed by atoms with Crippen LogP contribution in [0.1, 0.15) is 5.56 Å². The molecule has 0 aromatic heterocycles. The zero-order valence-electron chi connectivity index (χ0n) is 11.3. The number of hydrogen-bond acceptors (Lipinski definition) is 3. The molecule has 2 aromatic carbocycles. The van der Waals surface area contributed by atoms with Crippen molar-refractivity contribution in [1.82, 2.24) is 0 Å². The van der Waals surface area contributed by atoms with Gasteiger partial charge in [-0.3, -0.25) is 0 Å². The Kier molecular flexibility index (Phi) is 4.25. The fraction of sp³-hybridized carbons (Fsp3) is 0.0714. The van der Waals surface area contributed by atoms with Gasteiger partial charge in [0.25, 0.3) is 0 Å². The van der Waals surface area contributed by atoms with Gasteiger partial charge in [0, 0.05) is 11.4 Å². The van der Waals surface area contributed by atoms with Gasteiger partial charge in [-0.1, -0.05) is 24.3 Å². The van der Waals surface area contributed by atoms with Gasteiger partial charge in [-0.15, -0.1) is 0 Å². The molecule has 0 bridgehead atoms. The number of carbonyl (C=O) groups is 1. The first-order valence-electron chi connectivity index (χ1n) is 6.13. The first-order valence-corrected chi connectivity index (χ1v) is 7.67. The molecule has 2 rings (SSSR count). The van der Waals surface area contributed by atoms with Gasteiger partial charge < -0.3 is 10.6 Å². The van der Waals surface area contributed by atoms with Crippen molar-refractivity contribution in [2.75, 3.05) is 10.6 Å². The number of nitrogens with two attached hydrogens (primary N) is 1. The fourth-order valence-corrected chi connectivity index (χ4v) is 2.61. The molecule has 7 heteroatoms. The molecule has 0 saturated heterocycles. The van der Waals surface area contributed by atoms with Crippen LogP contribution < -0.4 is 15.8 Å². The summed E-state index contributed by atoms with van der Waals surface area (Å²) in [6, 6.07) is 12.9. The summed E-state index contributed by atoms with van der Waals surface area (Å²) in [7, 11) is -3.82. The van der Waals surface area contributed by atoms with E-state index >= 15 is 0 Å². The van der Waals surface area contributed by atoms with Crippen molar-refractivity contribution in [2.24, 2.45) is 5.14 Å². The second-order valence-corrected chi connectivity index (χ2v) is 6.00. The lowest BCUT2D eigenvalue weighted by Gasteiger charge is -2.10. The van der Waals surface area contributed by atoms with E-state index in [1.807, 2.05) is 6.07 Å².